The maximum Gasteiger partial charge on any atom is 0.337 e. The summed E-state index contributed by atoms with van der Waals surface area (Å²) in [5, 5.41) is 7.01. The summed E-state index contributed by atoms with van der Waals surface area (Å²) >= 11 is 5.98. The van der Waals surface area contributed by atoms with E-state index >= 15 is 0 Å². The van der Waals surface area contributed by atoms with Gasteiger partial charge in [-0.2, -0.15) is 4.98 Å². The van der Waals surface area contributed by atoms with Crippen molar-refractivity contribution >= 4 is 40.7 Å². The Bertz CT molecular complexity index is 946. The first kappa shape index (κ1) is 17.7. The van der Waals surface area contributed by atoms with Crippen molar-refractivity contribution in [1.29, 1.82) is 0 Å². The van der Waals surface area contributed by atoms with Gasteiger partial charge in [-0.15, -0.1) is 0 Å². The number of esters is 1. The molecule has 0 aliphatic heterocycles. The van der Waals surface area contributed by atoms with E-state index in [9.17, 15) is 4.79 Å². The number of hydrogen-bond donors (Lipinski definition) is 2. The van der Waals surface area contributed by atoms with Crippen molar-refractivity contribution in [3.05, 3.63) is 70.9 Å². The highest BCUT2D eigenvalue weighted by Crippen LogP contribution is 2.23. The van der Waals surface area contributed by atoms with Crippen LogP contribution in [0.4, 0.5) is 23.1 Å². The van der Waals surface area contributed by atoms with Crippen molar-refractivity contribution in [2.45, 2.75) is 6.92 Å². The number of nitrogens with one attached hydrogen (secondary N) is 2. The molecular formula is C19H17ClN4O2. The summed E-state index contributed by atoms with van der Waals surface area (Å²) in [6.45, 7) is 1.97. The zero-order chi connectivity index (χ0) is 18.5. The van der Waals surface area contributed by atoms with Crippen molar-refractivity contribution in [3.63, 3.8) is 0 Å². The van der Waals surface area contributed by atoms with E-state index < -0.39 is 5.97 Å². The van der Waals surface area contributed by atoms with Crippen LogP contribution in [0, 0.1) is 6.92 Å². The smallest absolute Gasteiger partial charge is 0.337 e. The van der Waals surface area contributed by atoms with E-state index in [1.807, 2.05) is 31.2 Å². The molecule has 0 saturated heterocycles. The van der Waals surface area contributed by atoms with Gasteiger partial charge in [-0.25, -0.2) is 9.78 Å². The van der Waals surface area contributed by atoms with E-state index in [0.29, 0.717) is 28.0 Å². The van der Waals surface area contributed by atoms with Crippen LogP contribution in [0.25, 0.3) is 0 Å². The Kier molecular flexibility index (Phi) is 5.34. The van der Waals surface area contributed by atoms with E-state index in [0.717, 1.165) is 11.3 Å². The van der Waals surface area contributed by atoms with Gasteiger partial charge in [0.2, 0.25) is 5.95 Å². The molecule has 0 atom stereocenters. The lowest BCUT2D eigenvalue weighted by Gasteiger charge is -2.11. The van der Waals surface area contributed by atoms with Gasteiger partial charge >= 0.3 is 5.97 Å². The zero-order valence-electron chi connectivity index (χ0n) is 14.3. The number of methoxy groups -OCH3 is 1. The molecule has 3 aromatic rings. The standard InChI is InChI=1S/C19H17ClN4O2/c1-12-10-14(20)6-7-16(12)23-17-8-9-21-19(24-17)22-15-5-3-4-13(11-15)18(25)26-2/h3-11H,1-2H3,(H2,21,22,23,24). The van der Waals surface area contributed by atoms with Gasteiger partial charge in [0.25, 0.3) is 0 Å². The van der Waals surface area contributed by atoms with Crippen LogP contribution in [0.3, 0.4) is 0 Å². The number of benzene rings is 2. The van der Waals surface area contributed by atoms with Crippen LogP contribution >= 0.6 is 11.6 Å². The Morgan fingerprint density at radius 3 is 2.73 bits per heavy atom. The fraction of sp³-hybridized carbons (Fsp3) is 0.105. The SMILES string of the molecule is COC(=O)c1cccc(Nc2nccc(Nc3ccc(Cl)cc3C)n2)c1. The number of carbonyl (C=O) groups excluding carboxylic acids is 1. The molecule has 7 heteroatoms. The van der Waals surface area contributed by atoms with Gasteiger partial charge in [-0.3, -0.25) is 0 Å². The quantitative estimate of drug-likeness (QED) is 0.635. The topological polar surface area (TPSA) is 76.1 Å². The first-order valence-corrected chi connectivity index (χ1v) is 8.24. The monoisotopic (exact) mass is 368 g/mol. The molecule has 26 heavy (non-hydrogen) atoms. The van der Waals surface area contributed by atoms with Crippen molar-refractivity contribution in [1.82, 2.24) is 9.97 Å². The third-order valence-electron chi connectivity index (χ3n) is 3.65. The zero-order valence-corrected chi connectivity index (χ0v) is 15.0. The minimum absolute atomic E-state index is 0.400. The molecule has 0 unspecified atom stereocenters. The molecule has 132 valence electrons. The molecule has 6 nitrogen and oxygen atoms in total. The fourth-order valence-electron chi connectivity index (χ4n) is 2.36. The number of halogens is 1. The number of anilines is 4. The largest absolute Gasteiger partial charge is 0.465 e. The van der Waals surface area contributed by atoms with E-state index in [2.05, 4.69) is 20.6 Å². The maximum absolute atomic E-state index is 11.6. The number of aromatic nitrogens is 2. The molecular weight excluding hydrogens is 352 g/mol. The van der Waals surface area contributed by atoms with E-state index in [1.165, 1.54) is 7.11 Å². The molecule has 0 aliphatic rings. The van der Waals surface area contributed by atoms with E-state index in [4.69, 9.17) is 16.3 Å². The van der Waals surface area contributed by atoms with E-state index in [-0.39, 0.29) is 0 Å². The number of rotatable bonds is 5. The number of nitrogens with zero attached hydrogens (tertiary/aromatic N) is 2. The highest BCUT2D eigenvalue weighted by Gasteiger charge is 2.07. The van der Waals surface area contributed by atoms with Crippen LogP contribution in [-0.4, -0.2) is 23.0 Å². The molecule has 3 rings (SSSR count). The molecule has 1 aromatic heterocycles. The first-order chi connectivity index (χ1) is 12.5. The Labute approximate surface area is 156 Å². The Morgan fingerprint density at radius 2 is 1.96 bits per heavy atom. The minimum Gasteiger partial charge on any atom is -0.465 e. The van der Waals surface area contributed by atoms with Gasteiger partial charge < -0.3 is 15.4 Å². The summed E-state index contributed by atoms with van der Waals surface area (Å²) in [7, 11) is 1.35. The number of carbonyl (C=O) groups is 1. The van der Waals surface area contributed by atoms with Crippen molar-refractivity contribution in [2.75, 3.05) is 17.7 Å². The second-order valence-corrected chi connectivity index (χ2v) is 5.98. The van der Waals surface area contributed by atoms with Gasteiger partial charge in [0.15, 0.2) is 0 Å². The van der Waals surface area contributed by atoms with Gasteiger partial charge in [0, 0.05) is 22.6 Å². The van der Waals surface area contributed by atoms with Gasteiger partial charge in [0.05, 0.1) is 12.7 Å². The molecule has 0 spiro atoms. The molecule has 0 radical (unpaired) electrons. The van der Waals surface area contributed by atoms with Crippen LogP contribution in [-0.2, 0) is 4.74 Å². The number of aryl methyl sites for hydroxylation is 1. The van der Waals surface area contributed by atoms with Gasteiger partial charge in [-0.05, 0) is 55.0 Å². The fourth-order valence-corrected chi connectivity index (χ4v) is 2.59. The molecule has 0 amide bonds. The van der Waals surface area contributed by atoms with E-state index in [1.54, 1.807) is 30.5 Å². The average molecular weight is 369 g/mol. The minimum atomic E-state index is -0.400. The van der Waals surface area contributed by atoms with Gasteiger partial charge in [0.1, 0.15) is 5.82 Å². The summed E-state index contributed by atoms with van der Waals surface area (Å²) in [5.74, 6) is 0.642. The average Bonchev–Trinajstić information content (AvgIpc) is 2.64. The highest BCUT2D eigenvalue weighted by atomic mass is 35.5. The lowest BCUT2D eigenvalue weighted by molar-refractivity contribution is 0.0601. The summed E-state index contributed by atoms with van der Waals surface area (Å²) in [6.07, 6.45) is 1.65. The lowest BCUT2D eigenvalue weighted by Crippen LogP contribution is -2.03. The molecule has 2 N–H and O–H groups in total. The molecule has 0 fully saturated rings. The summed E-state index contributed by atoms with van der Waals surface area (Å²) in [4.78, 5) is 20.3. The van der Waals surface area contributed by atoms with Crippen LogP contribution in [0.2, 0.25) is 5.02 Å². The second-order valence-electron chi connectivity index (χ2n) is 5.55. The lowest BCUT2D eigenvalue weighted by atomic mass is 10.2. The third kappa shape index (κ3) is 4.29. The van der Waals surface area contributed by atoms with Crippen LogP contribution in [0.15, 0.2) is 54.7 Å². The first-order valence-electron chi connectivity index (χ1n) is 7.87. The molecule has 2 aromatic carbocycles. The number of hydrogen-bond acceptors (Lipinski definition) is 6. The summed E-state index contributed by atoms with van der Waals surface area (Å²) < 4.78 is 4.73. The predicted molar refractivity (Wildman–Crippen MR) is 103 cm³/mol. The Hall–Kier alpha value is -3.12. The van der Waals surface area contributed by atoms with Gasteiger partial charge in [-0.1, -0.05) is 17.7 Å². The van der Waals surface area contributed by atoms with Crippen LogP contribution in [0.1, 0.15) is 15.9 Å². The maximum atomic E-state index is 11.6. The second kappa shape index (κ2) is 7.84. The molecule has 0 aliphatic carbocycles. The van der Waals surface area contributed by atoms with Crippen molar-refractivity contribution < 1.29 is 9.53 Å². The predicted octanol–water partition coefficient (Wildman–Crippen LogP) is 4.71. The highest BCUT2D eigenvalue weighted by molar-refractivity contribution is 6.30. The normalized spacial score (nSPS) is 10.3. The molecule has 0 saturated carbocycles. The van der Waals surface area contributed by atoms with Crippen molar-refractivity contribution in [2.24, 2.45) is 0 Å². The van der Waals surface area contributed by atoms with Crippen LogP contribution in [0.5, 0.6) is 0 Å². The third-order valence-corrected chi connectivity index (χ3v) is 3.88. The summed E-state index contributed by atoms with van der Waals surface area (Å²) in [6, 6.07) is 14.3. The van der Waals surface area contributed by atoms with Crippen LogP contribution < -0.4 is 10.6 Å². The summed E-state index contributed by atoms with van der Waals surface area (Å²) in [5.41, 5.74) is 3.06. The molecule has 0 bridgehead atoms. The number of ether oxygens (including phenoxy) is 1. The Balaban J connectivity index is 1.78. The van der Waals surface area contributed by atoms with Crippen molar-refractivity contribution in [3.8, 4) is 0 Å². The Morgan fingerprint density at radius 1 is 1.12 bits per heavy atom. The molecule has 1 heterocycles.